The molecule has 3 heteroatoms. The van der Waals surface area contributed by atoms with E-state index in [4.69, 9.17) is 9.47 Å². The third-order valence-corrected chi connectivity index (χ3v) is 4.97. The van der Waals surface area contributed by atoms with Gasteiger partial charge in [-0.05, 0) is 31.2 Å². The third-order valence-electron chi connectivity index (χ3n) is 4.97. The number of carbonyl (C=O) groups is 1. The molecule has 0 aromatic heterocycles. The van der Waals surface area contributed by atoms with Crippen molar-refractivity contribution in [3.05, 3.63) is 47.7 Å². The molecule has 1 aliphatic carbocycles. The minimum Gasteiger partial charge on any atom is -0.494 e. The summed E-state index contributed by atoms with van der Waals surface area (Å²) in [4.78, 5) is 12.0. The molecule has 24 heavy (non-hydrogen) atoms. The van der Waals surface area contributed by atoms with E-state index in [1.807, 2.05) is 18.2 Å². The molecule has 3 nitrogen and oxygen atoms in total. The Morgan fingerprint density at radius 1 is 1.08 bits per heavy atom. The zero-order valence-corrected chi connectivity index (χ0v) is 14.4. The summed E-state index contributed by atoms with van der Waals surface area (Å²) in [5.74, 6) is 1.66. The topological polar surface area (TPSA) is 35.5 Å². The highest BCUT2D eigenvalue weighted by molar-refractivity contribution is 5.91. The van der Waals surface area contributed by atoms with Crippen LogP contribution in [-0.2, 0) is 20.9 Å². The van der Waals surface area contributed by atoms with Crippen LogP contribution in [0.3, 0.4) is 0 Å². The second kappa shape index (κ2) is 9.03. The molecule has 3 rings (SSSR count). The van der Waals surface area contributed by atoms with Crippen LogP contribution in [-0.4, -0.2) is 18.5 Å². The van der Waals surface area contributed by atoms with Gasteiger partial charge >= 0.3 is 0 Å². The summed E-state index contributed by atoms with van der Waals surface area (Å²) in [7, 11) is 0. The Morgan fingerprint density at radius 3 is 2.67 bits per heavy atom. The average Bonchev–Trinajstić information content (AvgIpc) is 2.63. The van der Waals surface area contributed by atoms with Crippen LogP contribution < -0.4 is 0 Å². The molecule has 1 unspecified atom stereocenters. The molecule has 0 N–H and O–H groups in total. The average molecular weight is 328 g/mol. The van der Waals surface area contributed by atoms with E-state index in [1.165, 1.54) is 37.7 Å². The quantitative estimate of drug-likeness (QED) is 0.674. The van der Waals surface area contributed by atoms with Gasteiger partial charge in [0.05, 0.1) is 6.61 Å². The van der Waals surface area contributed by atoms with Crippen molar-refractivity contribution in [2.75, 3.05) is 6.61 Å². The second-order valence-corrected chi connectivity index (χ2v) is 6.97. The first-order chi connectivity index (χ1) is 11.8. The number of hydrogen-bond acceptors (Lipinski definition) is 3. The van der Waals surface area contributed by atoms with Gasteiger partial charge in [-0.1, -0.05) is 49.6 Å². The van der Waals surface area contributed by atoms with Gasteiger partial charge in [-0.15, -0.1) is 0 Å². The fraction of sp³-hybridized carbons (Fsp3) is 0.571. The van der Waals surface area contributed by atoms with Crippen LogP contribution in [0.5, 0.6) is 0 Å². The molecule has 1 aliphatic heterocycles. The maximum absolute atomic E-state index is 12.0. The molecule has 1 fully saturated rings. The number of carbonyl (C=O) groups excluding carboxylic acids is 1. The van der Waals surface area contributed by atoms with Gasteiger partial charge in [0, 0.05) is 25.0 Å². The summed E-state index contributed by atoms with van der Waals surface area (Å²) < 4.78 is 11.9. The lowest BCUT2D eigenvalue weighted by molar-refractivity contribution is -0.119. The summed E-state index contributed by atoms with van der Waals surface area (Å²) in [5.41, 5.74) is 1.20. The third kappa shape index (κ3) is 5.20. The molecule has 1 heterocycles. The Balaban J connectivity index is 1.38. The number of ketones is 1. The zero-order valence-electron chi connectivity index (χ0n) is 14.4. The van der Waals surface area contributed by atoms with Crippen LogP contribution in [0, 0.1) is 5.92 Å². The van der Waals surface area contributed by atoms with Crippen LogP contribution in [0.1, 0.15) is 56.9 Å². The maximum Gasteiger partial charge on any atom is 0.162 e. The lowest BCUT2D eigenvalue weighted by atomic mass is 9.86. The molecule has 130 valence electrons. The van der Waals surface area contributed by atoms with E-state index < -0.39 is 0 Å². The lowest BCUT2D eigenvalue weighted by Gasteiger charge is -2.30. The molecule has 1 atom stereocenters. The molecule has 0 radical (unpaired) electrons. The molecule has 1 saturated carbocycles. The predicted molar refractivity (Wildman–Crippen MR) is 94.5 cm³/mol. The van der Waals surface area contributed by atoms with Crippen molar-refractivity contribution in [3.63, 3.8) is 0 Å². The fourth-order valence-corrected chi connectivity index (χ4v) is 3.65. The molecule has 0 spiro atoms. The summed E-state index contributed by atoms with van der Waals surface area (Å²) in [5, 5.41) is 0. The Kier molecular flexibility index (Phi) is 6.48. The number of ether oxygens (including phenoxy) is 2. The Bertz CT molecular complexity index is 543. The van der Waals surface area contributed by atoms with Gasteiger partial charge in [0.25, 0.3) is 0 Å². The highest BCUT2D eigenvalue weighted by Gasteiger charge is 2.27. The Morgan fingerprint density at radius 2 is 1.88 bits per heavy atom. The molecule has 0 bridgehead atoms. The minimum absolute atomic E-state index is 0.0414. The minimum atomic E-state index is 0.0414. The Labute approximate surface area is 145 Å². The van der Waals surface area contributed by atoms with E-state index in [2.05, 4.69) is 12.1 Å². The van der Waals surface area contributed by atoms with Crippen molar-refractivity contribution in [2.45, 2.75) is 64.1 Å². The standard InChI is InChI=1S/C21H28O3/c22-19-14-20(24-21(15-19)18-10-5-2-6-11-18)12-7-13-23-16-17-8-3-1-4-9-17/h1,3-4,8-9,15,18,20H,2,5-7,10-14,16H2. The molecule has 2 aliphatic rings. The van der Waals surface area contributed by atoms with Crippen LogP contribution in [0.2, 0.25) is 0 Å². The maximum atomic E-state index is 12.0. The van der Waals surface area contributed by atoms with E-state index >= 15 is 0 Å². The highest BCUT2D eigenvalue weighted by atomic mass is 16.5. The van der Waals surface area contributed by atoms with Gasteiger partial charge in [0.2, 0.25) is 0 Å². The molecular weight excluding hydrogens is 300 g/mol. The first-order valence-corrected chi connectivity index (χ1v) is 9.34. The van der Waals surface area contributed by atoms with E-state index in [0.29, 0.717) is 25.6 Å². The van der Waals surface area contributed by atoms with E-state index in [9.17, 15) is 4.79 Å². The van der Waals surface area contributed by atoms with E-state index in [-0.39, 0.29) is 11.9 Å². The van der Waals surface area contributed by atoms with Crippen LogP contribution in [0.4, 0.5) is 0 Å². The monoisotopic (exact) mass is 328 g/mol. The molecule has 1 aromatic carbocycles. The van der Waals surface area contributed by atoms with Crippen LogP contribution in [0.15, 0.2) is 42.2 Å². The molecule has 0 amide bonds. The summed E-state index contributed by atoms with van der Waals surface area (Å²) in [6.45, 7) is 1.37. The van der Waals surface area contributed by atoms with Gasteiger partial charge in [-0.2, -0.15) is 0 Å². The van der Waals surface area contributed by atoms with E-state index in [1.54, 1.807) is 6.08 Å². The van der Waals surface area contributed by atoms with Crippen molar-refractivity contribution in [2.24, 2.45) is 5.92 Å². The van der Waals surface area contributed by atoms with Gasteiger partial charge in [-0.3, -0.25) is 4.79 Å². The summed E-state index contributed by atoms with van der Waals surface area (Å²) in [6, 6.07) is 10.2. The molecule has 1 aromatic rings. The van der Waals surface area contributed by atoms with Crippen LogP contribution >= 0.6 is 0 Å². The Hall–Kier alpha value is -1.61. The van der Waals surface area contributed by atoms with Crippen molar-refractivity contribution in [1.29, 1.82) is 0 Å². The number of rotatable bonds is 7. The fourth-order valence-electron chi connectivity index (χ4n) is 3.65. The summed E-state index contributed by atoms with van der Waals surface area (Å²) >= 11 is 0. The van der Waals surface area contributed by atoms with Crippen molar-refractivity contribution >= 4 is 5.78 Å². The van der Waals surface area contributed by atoms with Crippen molar-refractivity contribution in [1.82, 2.24) is 0 Å². The summed E-state index contributed by atoms with van der Waals surface area (Å²) in [6.07, 6.45) is 10.3. The van der Waals surface area contributed by atoms with Gasteiger partial charge in [-0.25, -0.2) is 0 Å². The van der Waals surface area contributed by atoms with Gasteiger partial charge < -0.3 is 9.47 Å². The number of allylic oxidation sites excluding steroid dienone is 2. The molecular formula is C21H28O3. The largest absolute Gasteiger partial charge is 0.494 e. The normalized spacial score (nSPS) is 22.1. The zero-order chi connectivity index (χ0) is 16.6. The van der Waals surface area contributed by atoms with Crippen molar-refractivity contribution in [3.8, 4) is 0 Å². The second-order valence-electron chi connectivity index (χ2n) is 6.97. The number of hydrogen-bond donors (Lipinski definition) is 0. The van der Waals surface area contributed by atoms with E-state index in [0.717, 1.165) is 18.6 Å². The highest BCUT2D eigenvalue weighted by Crippen LogP contribution is 2.33. The van der Waals surface area contributed by atoms with Crippen LogP contribution in [0.25, 0.3) is 0 Å². The van der Waals surface area contributed by atoms with Gasteiger partial charge in [0.15, 0.2) is 5.78 Å². The molecule has 0 saturated heterocycles. The first-order valence-electron chi connectivity index (χ1n) is 9.34. The SMILES string of the molecule is O=C1C=C(C2CCCCC2)OC(CCCOCc2ccccc2)C1. The number of benzene rings is 1. The predicted octanol–water partition coefficient (Wildman–Crippen LogP) is 4.81. The smallest absolute Gasteiger partial charge is 0.162 e. The lowest BCUT2D eigenvalue weighted by Crippen LogP contribution is -2.26. The van der Waals surface area contributed by atoms with Crippen molar-refractivity contribution < 1.29 is 14.3 Å². The first kappa shape index (κ1) is 17.2. The van der Waals surface area contributed by atoms with Gasteiger partial charge in [0.1, 0.15) is 11.9 Å².